The second-order valence-electron chi connectivity index (χ2n) is 1.71. The summed E-state index contributed by atoms with van der Waals surface area (Å²) in [6.07, 6.45) is 0. The van der Waals surface area contributed by atoms with Crippen molar-refractivity contribution in [2.45, 2.75) is 6.92 Å². The van der Waals surface area contributed by atoms with Gasteiger partial charge in [-0.05, 0) is 41.6 Å². The summed E-state index contributed by atoms with van der Waals surface area (Å²) in [5.74, 6) is 0. The number of hydrogen-bond acceptors (Lipinski definition) is 0. The lowest BCUT2D eigenvalue weighted by molar-refractivity contribution is 1.44. The van der Waals surface area contributed by atoms with Crippen LogP contribution in [0.25, 0.3) is 0 Å². The van der Waals surface area contributed by atoms with Gasteiger partial charge in [0.05, 0.1) is 0 Å². The Labute approximate surface area is 63.1 Å². The van der Waals surface area contributed by atoms with Gasteiger partial charge in [0.25, 0.3) is 0 Å². The van der Waals surface area contributed by atoms with Crippen molar-refractivity contribution in [3.05, 3.63) is 33.4 Å². The molecule has 1 aromatic carbocycles. The molecule has 41 valence electrons. The summed E-state index contributed by atoms with van der Waals surface area (Å²) in [4.78, 5) is 0. The molecule has 0 fully saturated rings. The third-order valence-corrected chi connectivity index (χ3v) is 1.54. The normalized spacial score (nSPS) is 9.25. The van der Waals surface area contributed by atoms with Crippen LogP contribution >= 0.6 is 22.6 Å². The Morgan fingerprint density at radius 2 is 2.38 bits per heavy atom. The van der Waals surface area contributed by atoms with E-state index in [0.29, 0.717) is 0 Å². The zero-order chi connectivity index (χ0) is 5.98. The highest BCUT2D eigenvalue weighted by molar-refractivity contribution is 14.1. The van der Waals surface area contributed by atoms with E-state index in [1.54, 1.807) is 0 Å². The molecular weight excluding hydrogens is 211 g/mol. The highest BCUT2D eigenvalue weighted by atomic mass is 127. The van der Waals surface area contributed by atoms with Gasteiger partial charge < -0.3 is 0 Å². The molecular formula is C7H6I. The zero-order valence-corrected chi connectivity index (χ0v) is 6.77. The fourth-order valence-corrected chi connectivity index (χ4v) is 1.21. The van der Waals surface area contributed by atoms with Crippen molar-refractivity contribution in [2.75, 3.05) is 0 Å². The predicted octanol–water partition coefficient (Wildman–Crippen LogP) is 2.40. The molecule has 0 N–H and O–H groups in total. The number of halogens is 1. The second-order valence-corrected chi connectivity index (χ2v) is 2.88. The molecule has 0 nitrogen and oxygen atoms in total. The monoisotopic (exact) mass is 217 g/mol. The van der Waals surface area contributed by atoms with Crippen LogP contribution in [0.15, 0.2) is 18.2 Å². The lowest BCUT2D eigenvalue weighted by Crippen LogP contribution is -1.71. The molecule has 0 aliphatic rings. The maximum absolute atomic E-state index is 3.06. The summed E-state index contributed by atoms with van der Waals surface area (Å²) in [6, 6.07) is 9.14. The maximum Gasteiger partial charge on any atom is 0.0211 e. The molecule has 0 aromatic heterocycles. The molecule has 1 radical (unpaired) electrons. The lowest BCUT2D eigenvalue weighted by Gasteiger charge is -1.88. The molecule has 0 aliphatic carbocycles. The molecule has 0 spiro atoms. The van der Waals surface area contributed by atoms with E-state index in [1.165, 1.54) is 9.13 Å². The topological polar surface area (TPSA) is 0 Å². The molecule has 0 saturated heterocycles. The Balaban J connectivity index is 3.08. The van der Waals surface area contributed by atoms with Crippen LogP contribution in [0.1, 0.15) is 5.56 Å². The first-order chi connectivity index (χ1) is 3.79. The van der Waals surface area contributed by atoms with E-state index in [9.17, 15) is 0 Å². The van der Waals surface area contributed by atoms with E-state index in [2.05, 4.69) is 41.6 Å². The summed E-state index contributed by atoms with van der Waals surface area (Å²) in [6.45, 7) is 2.08. The fourth-order valence-electron chi connectivity index (χ4n) is 0.542. The maximum atomic E-state index is 3.06. The van der Waals surface area contributed by atoms with Crippen molar-refractivity contribution in [1.82, 2.24) is 0 Å². The van der Waals surface area contributed by atoms with Crippen LogP contribution in [0.2, 0.25) is 0 Å². The minimum absolute atomic E-state index is 1.18. The van der Waals surface area contributed by atoms with Crippen LogP contribution in [-0.2, 0) is 0 Å². The molecule has 1 rings (SSSR count). The van der Waals surface area contributed by atoms with Crippen molar-refractivity contribution in [3.63, 3.8) is 0 Å². The second kappa shape index (κ2) is 2.49. The minimum Gasteiger partial charge on any atom is -0.0586 e. The van der Waals surface area contributed by atoms with Gasteiger partial charge in [-0.15, -0.1) is 0 Å². The first kappa shape index (κ1) is 6.08. The highest BCUT2D eigenvalue weighted by Crippen LogP contribution is 2.04. The van der Waals surface area contributed by atoms with E-state index < -0.39 is 0 Å². The Morgan fingerprint density at radius 1 is 1.62 bits per heavy atom. The summed E-state index contributed by atoms with van der Waals surface area (Å²) in [5, 5.41) is 0. The van der Waals surface area contributed by atoms with Gasteiger partial charge in [-0.3, -0.25) is 0 Å². The largest absolute Gasteiger partial charge is 0.0586 e. The van der Waals surface area contributed by atoms with E-state index >= 15 is 0 Å². The lowest BCUT2D eigenvalue weighted by atomic mass is 10.2. The van der Waals surface area contributed by atoms with Crippen LogP contribution < -0.4 is 0 Å². The van der Waals surface area contributed by atoms with Gasteiger partial charge in [-0.1, -0.05) is 17.7 Å². The Kier molecular flexibility index (Phi) is 1.89. The van der Waals surface area contributed by atoms with Crippen molar-refractivity contribution >= 4 is 22.6 Å². The molecule has 0 aliphatic heterocycles. The molecule has 1 heteroatoms. The first-order valence-corrected chi connectivity index (χ1v) is 3.51. The van der Waals surface area contributed by atoms with Gasteiger partial charge in [0.15, 0.2) is 0 Å². The van der Waals surface area contributed by atoms with Crippen molar-refractivity contribution in [2.24, 2.45) is 0 Å². The average molecular weight is 217 g/mol. The van der Waals surface area contributed by atoms with Gasteiger partial charge in [-0.2, -0.15) is 0 Å². The molecule has 0 amide bonds. The highest BCUT2D eigenvalue weighted by Gasteiger charge is 1.83. The first-order valence-electron chi connectivity index (χ1n) is 2.43. The number of benzene rings is 1. The van der Waals surface area contributed by atoms with E-state index in [4.69, 9.17) is 0 Å². The number of aryl methyl sites for hydroxylation is 1. The van der Waals surface area contributed by atoms with Gasteiger partial charge in [0, 0.05) is 3.57 Å². The van der Waals surface area contributed by atoms with Crippen LogP contribution in [0.5, 0.6) is 0 Å². The van der Waals surface area contributed by atoms with Crippen LogP contribution in [0.4, 0.5) is 0 Å². The van der Waals surface area contributed by atoms with Gasteiger partial charge >= 0.3 is 0 Å². The SMILES string of the molecule is Cc1cc[c]c(I)c1. The molecule has 0 atom stereocenters. The Bertz CT molecular complexity index is 164. The minimum atomic E-state index is 1.18. The molecule has 0 bridgehead atoms. The molecule has 8 heavy (non-hydrogen) atoms. The molecule has 0 saturated carbocycles. The standard InChI is InChI=1S/C7H6I/c1-6-3-2-4-7(8)5-6/h2-3,5H,1H3. The van der Waals surface area contributed by atoms with E-state index in [0.717, 1.165) is 0 Å². The van der Waals surface area contributed by atoms with Gasteiger partial charge in [0.1, 0.15) is 0 Å². The van der Waals surface area contributed by atoms with E-state index in [-0.39, 0.29) is 0 Å². The van der Waals surface area contributed by atoms with Crippen LogP contribution in [0.3, 0.4) is 0 Å². The smallest absolute Gasteiger partial charge is 0.0211 e. The summed E-state index contributed by atoms with van der Waals surface area (Å²) >= 11 is 2.25. The third kappa shape index (κ3) is 1.47. The van der Waals surface area contributed by atoms with Crippen molar-refractivity contribution in [1.29, 1.82) is 0 Å². The van der Waals surface area contributed by atoms with Gasteiger partial charge in [0.2, 0.25) is 0 Å². The zero-order valence-electron chi connectivity index (χ0n) is 4.61. The van der Waals surface area contributed by atoms with Crippen molar-refractivity contribution in [3.8, 4) is 0 Å². The summed E-state index contributed by atoms with van der Waals surface area (Å²) in [5.41, 5.74) is 1.30. The van der Waals surface area contributed by atoms with Gasteiger partial charge in [-0.25, -0.2) is 0 Å². The quantitative estimate of drug-likeness (QED) is 0.585. The van der Waals surface area contributed by atoms with Crippen LogP contribution in [0, 0.1) is 16.6 Å². The number of hydrogen-bond donors (Lipinski definition) is 0. The predicted molar refractivity (Wildman–Crippen MR) is 42.7 cm³/mol. The van der Waals surface area contributed by atoms with Crippen LogP contribution in [-0.4, -0.2) is 0 Å². The molecule has 0 heterocycles. The summed E-state index contributed by atoms with van der Waals surface area (Å²) < 4.78 is 1.18. The van der Waals surface area contributed by atoms with Crippen molar-refractivity contribution < 1.29 is 0 Å². The number of rotatable bonds is 0. The third-order valence-electron chi connectivity index (χ3n) is 0.922. The fraction of sp³-hybridized carbons (Fsp3) is 0.143. The average Bonchev–Trinajstić information content (AvgIpc) is 1.64. The molecule has 1 aromatic rings. The Hall–Kier alpha value is -0.0500. The van der Waals surface area contributed by atoms with E-state index in [1.807, 2.05) is 12.1 Å². The Morgan fingerprint density at radius 3 is 2.75 bits per heavy atom. The summed E-state index contributed by atoms with van der Waals surface area (Å²) in [7, 11) is 0. The molecule has 0 unspecified atom stereocenters.